The summed E-state index contributed by atoms with van der Waals surface area (Å²) in [5, 5.41) is 13.3. The highest BCUT2D eigenvalue weighted by atomic mass is 32.1. The first-order valence-electron chi connectivity index (χ1n) is 21.4. The Hall–Kier alpha value is -8.12. The van der Waals surface area contributed by atoms with Crippen molar-refractivity contribution in [3.05, 3.63) is 206 Å². The SMILES string of the molecule is c1cc(-c2nc(-c3ccc4sc5ccccc5c4c3)c3ccccc3n2)cc(-n2c3ccccc3c3c(-n4c5ccccc5c5cc6ccccc6cc54)c4ccccc4cc32)c1. The summed E-state index contributed by atoms with van der Waals surface area (Å²) in [7, 11) is 0. The van der Waals surface area contributed by atoms with Crippen LogP contribution in [0.3, 0.4) is 0 Å². The Morgan fingerprint density at radius 1 is 0.349 bits per heavy atom. The highest BCUT2D eigenvalue weighted by Gasteiger charge is 2.23. The fraction of sp³-hybridized carbons (Fsp3) is 0. The van der Waals surface area contributed by atoms with Crippen molar-refractivity contribution in [3.8, 4) is 34.0 Å². The number of thiophene rings is 1. The first-order valence-corrected chi connectivity index (χ1v) is 22.2. The number of hydrogen-bond donors (Lipinski definition) is 0. The van der Waals surface area contributed by atoms with Crippen molar-refractivity contribution in [3.63, 3.8) is 0 Å². The molecule has 4 aromatic heterocycles. The van der Waals surface area contributed by atoms with Crippen LogP contribution in [0.1, 0.15) is 0 Å². The van der Waals surface area contributed by atoms with Gasteiger partial charge in [0.25, 0.3) is 0 Å². The van der Waals surface area contributed by atoms with E-state index in [1.165, 1.54) is 80.0 Å². The lowest BCUT2D eigenvalue weighted by molar-refractivity contribution is 1.17. The van der Waals surface area contributed by atoms with E-state index in [1.807, 2.05) is 11.3 Å². The molecule has 0 aliphatic heterocycles. The average Bonchev–Trinajstić information content (AvgIpc) is 3.99. The second kappa shape index (κ2) is 13.2. The summed E-state index contributed by atoms with van der Waals surface area (Å²) in [6, 6.07) is 75.0. The van der Waals surface area contributed by atoms with Gasteiger partial charge in [-0.3, -0.25) is 0 Å². The molecule has 0 aliphatic carbocycles. The van der Waals surface area contributed by atoms with Crippen molar-refractivity contribution in [2.75, 3.05) is 0 Å². The zero-order valence-corrected chi connectivity index (χ0v) is 34.6. The molecule has 10 aromatic carbocycles. The Morgan fingerprint density at radius 2 is 1.00 bits per heavy atom. The van der Waals surface area contributed by atoms with Crippen LogP contribution in [-0.4, -0.2) is 19.1 Å². The van der Waals surface area contributed by atoms with Crippen LogP contribution in [0.15, 0.2) is 206 Å². The zero-order chi connectivity index (χ0) is 41.2. The molecule has 14 aromatic rings. The summed E-state index contributed by atoms with van der Waals surface area (Å²) in [6.07, 6.45) is 0. The van der Waals surface area contributed by atoms with Gasteiger partial charge in [-0.25, -0.2) is 9.97 Å². The smallest absolute Gasteiger partial charge is 0.160 e. The molecule has 0 atom stereocenters. The van der Waals surface area contributed by atoms with E-state index in [1.54, 1.807) is 0 Å². The van der Waals surface area contributed by atoms with Crippen LogP contribution < -0.4 is 0 Å². The minimum atomic E-state index is 0.699. The molecule has 5 heteroatoms. The van der Waals surface area contributed by atoms with Crippen LogP contribution in [-0.2, 0) is 0 Å². The number of aromatic nitrogens is 4. The molecule has 4 heterocycles. The first-order chi connectivity index (χ1) is 31.2. The number of para-hydroxylation sites is 3. The molecular weight excluding hydrogens is 785 g/mol. The van der Waals surface area contributed by atoms with Gasteiger partial charge in [-0.2, -0.15) is 0 Å². The highest BCUT2D eigenvalue weighted by molar-refractivity contribution is 7.25. The molecule has 0 saturated heterocycles. The van der Waals surface area contributed by atoms with Gasteiger partial charge in [0.15, 0.2) is 5.82 Å². The number of hydrogen-bond acceptors (Lipinski definition) is 3. The number of nitrogens with zero attached hydrogens (tertiary/aromatic N) is 4. The monoisotopic (exact) mass is 818 g/mol. The fourth-order valence-corrected chi connectivity index (χ4v) is 11.3. The number of benzene rings is 10. The van der Waals surface area contributed by atoms with Crippen molar-refractivity contribution in [1.29, 1.82) is 0 Å². The Morgan fingerprint density at radius 3 is 1.86 bits per heavy atom. The number of fused-ring (bicyclic) bond motifs is 12. The van der Waals surface area contributed by atoms with Crippen molar-refractivity contribution in [2.45, 2.75) is 0 Å². The molecule has 0 saturated carbocycles. The van der Waals surface area contributed by atoms with Gasteiger partial charge < -0.3 is 9.13 Å². The zero-order valence-electron chi connectivity index (χ0n) is 33.8. The van der Waals surface area contributed by atoms with E-state index in [0.29, 0.717) is 5.82 Å². The Bertz CT molecular complexity index is 4230. The molecule has 0 spiro atoms. The van der Waals surface area contributed by atoms with Crippen LogP contribution >= 0.6 is 11.3 Å². The molecule has 14 rings (SSSR count). The fourth-order valence-electron chi connectivity index (χ4n) is 10.3. The first kappa shape index (κ1) is 34.6. The lowest BCUT2D eigenvalue weighted by Gasteiger charge is -2.16. The highest BCUT2D eigenvalue weighted by Crippen LogP contribution is 2.45. The quantitative estimate of drug-likeness (QED) is 0.177. The van der Waals surface area contributed by atoms with Crippen molar-refractivity contribution >= 4 is 108 Å². The second-order valence-electron chi connectivity index (χ2n) is 16.5. The summed E-state index contributed by atoms with van der Waals surface area (Å²) in [4.78, 5) is 10.6. The maximum atomic E-state index is 5.41. The van der Waals surface area contributed by atoms with E-state index >= 15 is 0 Å². The summed E-state index contributed by atoms with van der Waals surface area (Å²) in [6.45, 7) is 0. The largest absolute Gasteiger partial charge is 0.309 e. The van der Waals surface area contributed by atoms with E-state index in [4.69, 9.17) is 9.97 Å². The van der Waals surface area contributed by atoms with E-state index < -0.39 is 0 Å². The molecule has 0 bridgehead atoms. The summed E-state index contributed by atoms with van der Waals surface area (Å²) < 4.78 is 7.53. The van der Waals surface area contributed by atoms with Gasteiger partial charge in [-0.15, -0.1) is 11.3 Å². The van der Waals surface area contributed by atoms with Crippen molar-refractivity contribution in [2.24, 2.45) is 0 Å². The molecule has 0 unspecified atom stereocenters. The standard InChI is InChI=1S/C58H34N4S/c1-2-15-36-33-51-46(31-35(36)14-1)42-20-6-10-25-49(42)62(51)57-41-19-4-3-16-37(41)34-52-55(57)45-23-7-11-26-50(45)61(52)40-18-13-17-39(30-40)58-59-48-24-9-5-22-44(48)56(60-58)38-28-29-54-47(32-38)43-21-8-12-27-53(43)63-54/h1-34H. The minimum Gasteiger partial charge on any atom is -0.309 e. The third-order valence-electron chi connectivity index (χ3n) is 13.0. The van der Waals surface area contributed by atoms with E-state index in [9.17, 15) is 0 Å². The molecule has 4 nitrogen and oxygen atoms in total. The van der Waals surface area contributed by atoms with Gasteiger partial charge in [0.05, 0.1) is 39.0 Å². The van der Waals surface area contributed by atoms with Crippen molar-refractivity contribution < 1.29 is 0 Å². The second-order valence-corrected chi connectivity index (χ2v) is 17.6. The molecular formula is C58H34N4S. The maximum Gasteiger partial charge on any atom is 0.160 e. The molecule has 292 valence electrons. The Labute approximate surface area is 365 Å². The van der Waals surface area contributed by atoms with Gasteiger partial charge in [-0.1, -0.05) is 140 Å². The molecule has 0 fully saturated rings. The van der Waals surface area contributed by atoms with Gasteiger partial charge >= 0.3 is 0 Å². The van der Waals surface area contributed by atoms with Gasteiger partial charge in [0.1, 0.15) is 0 Å². The third-order valence-corrected chi connectivity index (χ3v) is 14.2. The lowest BCUT2D eigenvalue weighted by Crippen LogP contribution is -1.99. The summed E-state index contributed by atoms with van der Waals surface area (Å²) in [5.41, 5.74) is 10.8. The lowest BCUT2D eigenvalue weighted by atomic mass is 10.0. The van der Waals surface area contributed by atoms with E-state index in [-0.39, 0.29) is 0 Å². The third kappa shape index (κ3) is 5.08. The molecule has 0 amide bonds. The number of rotatable bonds is 4. The van der Waals surface area contributed by atoms with Crippen LogP contribution in [0.2, 0.25) is 0 Å². The minimum absolute atomic E-state index is 0.699. The van der Waals surface area contributed by atoms with Crippen LogP contribution in [0.5, 0.6) is 0 Å². The van der Waals surface area contributed by atoms with Crippen LogP contribution in [0.25, 0.3) is 130 Å². The molecule has 0 radical (unpaired) electrons. The van der Waals surface area contributed by atoms with Crippen molar-refractivity contribution in [1.82, 2.24) is 19.1 Å². The predicted molar refractivity (Wildman–Crippen MR) is 267 cm³/mol. The maximum absolute atomic E-state index is 5.41. The Balaban J connectivity index is 1.02. The van der Waals surface area contributed by atoms with Gasteiger partial charge in [0, 0.05) is 69.3 Å². The van der Waals surface area contributed by atoms with Crippen LogP contribution in [0.4, 0.5) is 0 Å². The van der Waals surface area contributed by atoms with Crippen LogP contribution in [0, 0.1) is 0 Å². The normalized spacial score (nSPS) is 12.1. The average molecular weight is 819 g/mol. The Kier molecular flexibility index (Phi) is 7.24. The summed E-state index contributed by atoms with van der Waals surface area (Å²) >= 11 is 1.84. The molecule has 0 aliphatic rings. The van der Waals surface area contributed by atoms with E-state index in [0.717, 1.165) is 44.4 Å². The molecule has 0 N–H and O–H groups in total. The van der Waals surface area contributed by atoms with Gasteiger partial charge in [-0.05, 0) is 82.9 Å². The van der Waals surface area contributed by atoms with E-state index in [2.05, 4.69) is 215 Å². The van der Waals surface area contributed by atoms with Gasteiger partial charge in [0.2, 0.25) is 0 Å². The predicted octanol–water partition coefficient (Wildman–Crippen LogP) is 15.8. The topological polar surface area (TPSA) is 35.6 Å². The summed E-state index contributed by atoms with van der Waals surface area (Å²) in [5.74, 6) is 0.699. The molecule has 63 heavy (non-hydrogen) atoms.